The van der Waals surface area contributed by atoms with E-state index < -0.39 is 0 Å². The Hall–Kier alpha value is -1.75. The van der Waals surface area contributed by atoms with Crippen LogP contribution in [-0.4, -0.2) is 25.3 Å². The van der Waals surface area contributed by atoms with Crippen LogP contribution in [0.15, 0.2) is 18.3 Å². The van der Waals surface area contributed by atoms with E-state index in [-0.39, 0.29) is 6.61 Å². The number of rotatable bonds is 2. The van der Waals surface area contributed by atoms with Crippen molar-refractivity contribution in [2.45, 2.75) is 13.5 Å². The number of hydrogen-bond donors (Lipinski definition) is 2. The summed E-state index contributed by atoms with van der Waals surface area (Å²) in [4.78, 5) is 8.22. The Kier molecular flexibility index (Phi) is 2.24. The molecule has 2 aromatic rings. The van der Waals surface area contributed by atoms with Gasteiger partial charge in [-0.1, -0.05) is 6.07 Å². The first-order valence-corrected chi connectivity index (χ1v) is 4.25. The molecule has 5 heteroatoms. The second-order valence-electron chi connectivity index (χ2n) is 2.98. The Labute approximate surface area is 80.8 Å². The van der Waals surface area contributed by atoms with Gasteiger partial charge in [-0.15, -0.1) is 0 Å². The second kappa shape index (κ2) is 3.55. The van der Waals surface area contributed by atoms with Crippen molar-refractivity contribution < 1.29 is 5.11 Å². The molecule has 0 aromatic carbocycles. The van der Waals surface area contributed by atoms with E-state index in [9.17, 15) is 0 Å². The van der Waals surface area contributed by atoms with Gasteiger partial charge in [0.05, 0.1) is 0 Å². The summed E-state index contributed by atoms with van der Waals surface area (Å²) < 4.78 is 0. The average molecular weight is 190 g/mol. The normalized spacial score (nSPS) is 10.4. The van der Waals surface area contributed by atoms with Crippen molar-refractivity contribution in [3.8, 4) is 11.5 Å². The molecule has 0 bridgehead atoms. The summed E-state index contributed by atoms with van der Waals surface area (Å²) in [6.45, 7) is 1.83. The molecule has 0 fully saturated rings. The van der Waals surface area contributed by atoms with Crippen LogP contribution in [0.4, 0.5) is 0 Å². The minimum absolute atomic E-state index is 0.140. The van der Waals surface area contributed by atoms with Crippen LogP contribution in [-0.2, 0) is 6.61 Å². The largest absolute Gasteiger partial charge is 0.388 e. The molecule has 0 saturated heterocycles. The number of nitrogens with zero attached hydrogens (tertiary/aromatic N) is 3. The zero-order chi connectivity index (χ0) is 9.97. The molecule has 0 spiro atoms. The fourth-order valence-electron chi connectivity index (χ4n) is 1.08. The molecule has 0 aliphatic rings. The summed E-state index contributed by atoms with van der Waals surface area (Å²) in [5.74, 6) is 0.955. The third-order valence-corrected chi connectivity index (χ3v) is 1.82. The SMILES string of the molecule is Cc1ccc(-c2n[nH]c(CO)n2)nc1. The van der Waals surface area contributed by atoms with Gasteiger partial charge in [0.15, 0.2) is 11.6 Å². The molecule has 2 rings (SSSR count). The highest BCUT2D eigenvalue weighted by Crippen LogP contribution is 2.11. The maximum atomic E-state index is 8.79. The van der Waals surface area contributed by atoms with E-state index in [0.717, 1.165) is 5.56 Å². The molecule has 0 amide bonds. The number of aromatic amines is 1. The van der Waals surface area contributed by atoms with Gasteiger partial charge in [-0.25, -0.2) is 4.98 Å². The van der Waals surface area contributed by atoms with Gasteiger partial charge in [0.25, 0.3) is 0 Å². The molecular weight excluding hydrogens is 180 g/mol. The second-order valence-corrected chi connectivity index (χ2v) is 2.98. The van der Waals surface area contributed by atoms with Gasteiger partial charge >= 0.3 is 0 Å². The third kappa shape index (κ3) is 1.62. The van der Waals surface area contributed by atoms with Crippen molar-refractivity contribution >= 4 is 0 Å². The van der Waals surface area contributed by atoms with Crippen molar-refractivity contribution in [3.05, 3.63) is 29.7 Å². The number of aliphatic hydroxyl groups is 1. The lowest BCUT2D eigenvalue weighted by molar-refractivity contribution is 0.272. The molecule has 2 heterocycles. The Balaban J connectivity index is 2.34. The molecule has 72 valence electrons. The average Bonchev–Trinajstić information content (AvgIpc) is 2.67. The molecule has 0 aliphatic heterocycles. The van der Waals surface area contributed by atoms with Gasteiger partial charge in [0, 0.05) is 6.20 Å². The minimum atomic E-state index is -0.140. The van der Waals surface area contributed by atoms with Crippen LogP contribution >= 0.6 is 0 Å². The summed E-state index contributed by atoms with van der Waals surface area (Å²) in [5, 5.41) is 15.3. The molecule has 0 radical (unpaired) electrons. The van der Waals surface area contributed by atoms with Crippen LogP contribution in [0.3, 0.4) is 0 Å². The lowest BCUT2D eigenvalue weighted by Gasteiger charge is -1.93. The van der Waals surface area contributed by atoms with Crippen LogP contribution in [0.5, 0.6) is 0 Å². The van der Waals surface area contributed by atoms with Crippen LogP contribution in [0.2, 0.25) is 0 Å². The van der Waals surface area contributed by atoms with Crippen molar-refractivity contribution in [3.63, 3.8) is 0 Å². The first kappa shape index (κ1) is 8.83. The molecule has 2 N–H and O–H groups in total. The molecule has 14 heavy (non-hydrogen) atoms. The smallest absolute Gasteiger partial charge is 0.199 e. The summed E-state index contributed by atoms with van der Waals surface area (Å²) in [6, 6.07) is 3.79. The Bertz CT molecular complexity index is 421. The molecule has 2 aromatic heterocycles. The Morgan fingerprint density at radius 2 is 2.29 bits per heavy atom. The number of pyridine rings is 1. The van der Waals surface area contributed by atoms with Crippen LogP contribution in [0, 0.1) is 6.92 Å². The van der Waals surface area contributed by atoms with Crippen LogP contribution in [0.1, 0.15) is 11.4 Å². The highest BCUT2D eigenvalue weighted by atomic mass is 16.3. The number of hydrogen-bond acceptors (Lipinski definition) is 4. The van der Waals surface area contributed by atoms with Crippen molar-refractivity contribution in [1.82, 2.24) is 20.2 Å². The van der Waals surface area contributed by atoms with E-state index in [1.54, 1.807) is 6.20 Å². The number of aryl methyl sites for hydroxylation is 1. The van der Waals surface area contributed by atoms with Gasteiger partial charge < -0.3 is 5.11 Å². The first-order valence-electron chi connectivity index (χ1n) is 4.25. The lowest BCUT2D eigenvalue weighted by Crippen LogP contribution is -1.87. The Morgan fingerprint density at radius 1 is 1.43 bits per heavy atom. The first-order chi connectivity index (χ1) is 6.79. The van der Waals surface area contributed by atoms with Crippen molar-refractivity contribution in [2.75, 3.05) is 0 Å². The van der Waals surface area contributed by atoms with E-state index in [1.165, 1.54) is 0 Å². The predicted molar refractivity (Wildman–Crippen MR) is 50.3 cm³/mol. The minimum Gasteiger partial charge on any atom is -0.388 e. The number of aliphatic hydroxyl groups excluding tert-OH is 1. The summed E-state index contributed by atoms with van der Waals surface area (Å²) in [7, 11) is 0. The summed E-state index contributed by atoms with van der Waals surface area (Å²) in [5.41, 5.74) is 1.79. The zero-order valence-corrected chi connectivity index (χ0v) is 7.73. The fourth-order valence-corrected chi connectivity index (χ4v) is 1.08. The maximum Gasteiger partial charge on any atom is 0.199 e. The highest BCUT2D eigenvalue weighted by Gasteiger charge is 2.05. The van der Waals surface area contributed by atoms with E-state index in [1.807, 2.05) is 19.1 Å². The fraction of sp³-hybridized carbons (Fsp3) is 0.222. The third-order valence-electron chi connectivity index (χ3n) is 1.82. The van der Waals surface area contributed by atoms with Crippen molar-refractivity contribution in [2.24, 2.45) is 0 Å². The van der Waals surface area contributed by atoms with Gasteiger partial charge in [0.2, 0.25) is 0 Å². The van der Waals surface area contributed by atoms with E-state index in [4.69, 9.17) is 5.11 Å². The van der Waals surface area contributed by atoms with E-state index >= 15 is 0 Å². The number of aromatic nitrogens is 4. The Morgan fingerprint density at radius 3 is 2.86 bits per heavy atom. The molecule has 5 nitrogen and oxygen atoms in total. The summed E-state index contributed by atoms with van der Waals surface area (Å²) in [6.07, 6.45) is 1.75. The van der Waals surface area contributed by atoms with Gasteiger partial charge in [0.1, 0.15) is 12.3 Å². The van der Waals surface area contributed by atoms with Crippen molar-refractivity contribution in [1.29, 1.82) is 0 Å². The maximum absolute atomic E-state index is 8.79. The molecule has 0 aliphatic carbocycles. The van der Waals surface area contributed by atoms with Gasteiger partial charge in [-0.2, -0.15) is 5.10 Å². The molecule has 0 unspecified atom stereocenters. The van der Waals surface area contributed by atoms with Gasteiger partial charge in [-0.3, -0.25) is 10.1 Å². The van der Waals surface area contributed by atoms with E-state index in [2.05, 4.69) is 20.2 Å². The quantitative estimate of drug-likeness (QED) is 0.729. The predicted octanol–water partition coefficient (Wildman–Crippen LogP) is 0.667. The monoisotopic (exact) mass is 190 g/mol. The standard InChI is InChI=1S/C9H10N4O/c1-6-2-3-7(10-4-6)9-11-8(5-14)12-13-9/h2-4,14H,5H2,1H3,(H,11,12,13). The van der Waals surface area contributed by atoms with Gasteiger partial charge in [-0.05, 0) is 18.6 Å². The van der Waals surface area contributed by atoms with Crippen LogP contribution < -0.4 is 0 Å². The number of nitrogens with one attached hydrogen (secondary N) is 1. The zero-order valence-electron chi connectivity index (χ0n) is 7.73. The summed E-state index contributed by atoms with van der Waals surface area (Å²) >= 11 is 0. The molecule has 0 atom stereocenters. The molecule has 0 saturated carbocycles. The van der Waals surface area contributed by atoms with E-state index in [0.29, 0.717) is 17.3 Å². The number of H-pyrrole nitrogens is 1. The topological polar surface area (TPSA) is 74.7 Å². The molecular formula is C9H10N4O. The highest BCUT2D eigenvalue weighted by molar-refractivity contribution is 5.48. The lowest BCUT2D eigenvalue weighted by atomic mass is 10.3. The van der Waals surface area contributed by atoms with Crippen LogP contribution in [0.25, 0.3) is 11.5 Å².